The van der Waals surface area contributed by atoms with Gasteiger partial charge in [-0.05, 0) is 56.3 Å². The first-order valence-corrected chi connectivity index (χ1v) is 10.3. The summed E-state index contributed by atoms with van der Waals surface area (Å²) in [5.41, 5.74) is 2.40. The van der Waals surface area contributed by atoms with E-state index in [1.54, 1.807) is 53.6 Å². The molecule has 1 aromatic heterocycles. The summed E-state index contributed by atoms with van der Waals surface area (Å²) in [5, 5.41) is 3.93. The fourth-order valence-corrected chi connectivity index (χ4v) is 4.47. The molecule has 0 unspecified atom stereocenters. The van der Waals surface area contributed by atoms with Gasteiger partial charge in [-0.15, -0.1) is 0 Å². The van der Waals surface area contributed by atoms with E-state index in [0.29, 0.717) is 26.9 Å². The number of hydrogen-bond donors (Lipinski definition) is 1. The van der Waals surface area contributed by atoms with Gasteiger partial charge in [0.15, 0.2) is 0 Å². The van der Waals surface area contributed by atoms with E-state index < -0.39 is 0 Å². The normalized spacial score (nSPS) is 13.0. The molecule has 3 aromatic rings. The fourth-order valence-electron chi connectivity index (χ4n) is 3.21. The molecule has 0 aliphatic carbocycles. The number of halogens is 1. The van der Waals surface area contributed by atoms with Crippen LogP contribution in [-0.2, 0) is 0 Å². The number of benzene rings is 2. The third-order valence-corrected chi connectivity index (χ3v) is 5.93. The number of nitrogens with one attached hydrogen (secondary N) is 1. The zero-order valence-electron chi connectivity index (χ0n) is 15.8. The zero-order valence-corrected chi connectivity index (χ0v) is 17.4. The van der Waals surface area contributed by atoms with Crippen molar-refractivity contribution in [2.24, 2.45) is 0 Å². The van der Waals surface area contributed by atoms with Crippen LogP contribution in [0.25, 0.3) is 0 Å². The maximum atomic E-state index is 13.1. The van der Waals surface area contributed by atoms with E-state index in [1.807, 2.05) is 26.0 Å². The van der Waals surface area contributed by atoms with Crippen LogP contribution < -0.4 is 10.2 Å². The van der Waals surface area contributed by atoms with Crippen molar-refractivity contribution in [3.8, 4) is 0 Å². The Morgan fingerprint density at radius 1 is 1.14 bits per heavy atom. The molecule has 2 amide bonds. The second kappa shape index (κ2) is 7.89. The van der Waals surface area contributed by atoms with Crippen molar-refractivity contribution >= 4 is 46.6 Å². The Morgan fingerprint density at radius 3 is 2.69 bits per heavy atom. The van der Waals surface area contributed by atoms with Crippen LogP contribution >= 0.6 is 23.4 Å². The van der Waals surface area contributed by atoms with Crippen LogP contribution in [0.4, 0.5) is 11.4 Å². The highest BCUT2D eigenvalue weighted by molar-refractivity contribution is 7.99. The monoisotopic (exact) mass is 423 g/mol. The molecule has 0 spiro atoms. The second-order valence-electron chi connectivity index (χ2n) is 6.84. The van der Waals surface area contributed by atoms with E-state index in [4.69, 9.17) is 11.6 Å². The number of anilines is 2. The van der Waals surface area contributed by atoms with Gasteiger partial charge in [0.2, 0.25) is 0 Å². The quantitative estimate of drug-likeness (QED) is 0.603. The summed E-state index contributed by atoms with van der Waals surface area (Å²) >= 11 is 7.55. The number of amides is 2. The van der Waals surface area contributed by atoms with Crippen LogP contribution in [0.1, 0.15) is 34.6 Å². The van der Waals surface area contributed by atoms with Crippen molar-refractivity contribution in [3.63, 3.8) is 0 Å². The standard InChI is InChI=1S/C22H18ClN3O2S/c1-13(2)26-18-10-9-14(25-20(27)15-6-3-4-8-17(15)23)12-19(18)29-21-16(22(26)28)7-5-11-24-21/h3-13H,1-2H3,(H,25,27). The minimum absolute atomic E-state index is 0.0310. The molecular formula is C22H18ClN3O2S. The summed E-state index contributed by atoms with van der Waals surface area (Å²) < 4.78 is 0. The lowest BCUT2D eigenvalue weighted by Gasteiger charge is -2.27. The predicted molar refractivity (Wildman–Crippen MR) is 116 cm³/mol. The number of carbonyl (C=O) groups excluding carboxylic acids is 2. The summed E-state index contributed by atoms with van der Waals surface area (Å²) in [7, 11) is 0. The average molecular weight is 424 g/mol. The van der Waals surface area contributed by atoms with Gasteiger partial charge >= 0.3 is 0 Å². The van der Waals surface area contributed by atoms with Crippen LogP contribution in [0.15, 0.2) is 70.7 Å². The number of nitrogens with zero attached hydrogens (tertiary/aromatic N) is 2. The second-order valence-corrected chi connectivity index (χ2v) is 8.28. The molecule has 1 aliphatic rings. The van der Waals surface area contributed by atoms with Gasteiger partial charge in [-0.2, -0.15) is 0 Å². The van der Waals surface area contributed by atoms with Gasteiger partial charge in [-0.1, -0.05) is 35.5 Å². The number of fused-ring (bicyclic) bond motifs is 2. The number of aromatic nitrogens is 1. The van der Waals surface area contributed by atoms with E-state index in [2.05, 4.69) is 10.3 Å². The number of carbonyl (C=O) groups is 2. The first-order chi connectivity index (χ1) is 14.0. The van der Waals surface area contributed by atoms with Crippen molar-refractivity contribution in [2.75, 3.05) is 10.2 Å². The lowest BCUT2D eigenvalue weighted by molar-refractivity contribution is 0.0975. The third-order valence-electron chi connectivity index (χ3n) is 4.54. The number of rotatable bonds is 3. The number of pyridine rings is 1. The Bertz CT molecular complexity index is 1120. The van der Waals surface area contributed by atoms with Gasteiger partial charge in [-0.25, -0.2) is 4.98 Å². The van der Waals surface area contributed by atoms with Crippen LogP contribution in [0, 0.1) is 0 Å². The highest BCUT2D eigenvalue weighted by Gasteiger charge is 2.30. The van der Waals surface area contributed by atoms with Gasteiger partial charge in [-0.3, -0.25) is 9.59 Å². The van der Waals surface area contributed by atoms with Gasteiger partial charge in [0.25, 0.3) is 11.8 Å². The molecular weight excluding hydrogens is 406 g/mol. The van der Waals surface area contributed by atoms with Gasteiger partial charge < -0.3 is 10.2 Å². The highest BCUT2D eigenvalue weighted by Crippen LogP contribution is 2.42. The van der Waals surface area contributed by atoms with Gasteiger partial charge in [0, 0.05) is 22.8 Å². The van der Waals surface area contributed by atoms with Crippen molar-refractivity contribution in [1.82, 2.24) is 4.98 Å². The molecule has 0 saturated heterocycles. The molecule has 29 heavy (non-hydrogen) atoms. The zero-order chi connectivity index (χ0) is 20.5. The fraction of sp³-hybridized carbons (Fsp3) is 0.136. The maximum Gasteiger partial charge on any atom is 0.261 e. The van der Waals surface area contributed by atoms with Crippen LogP contribution in [0.5, 0.6) is 0 Å². The molecule has 2 heterocycles. The van der Waals surface area contributed by atoms with Crippen molar-refractivity contribution in [1.29, 1.82) is 0 Å². The molecule has 4 rings (SSSR count). The van der Waals surface area contributed by atoms with E-state index in [9.17, 15) is 9.59 Å². The van der Waals surface area contributed by atoms with Gasteiger partial charge in [0.1, 0.15) is 5.03 Å². The van der Waals surface area contributed by atoms with Crippen LogP contribution in [0.3, 0.4) is 0 Å². The topological polar surface area (TPSA) is 62.3 Å². The van der Waals surface area contributed by atoms with E-state index in [0.717, 1.165) is 10.6 Å². The number of hydrogen-bond acceptors (Lipinski definition) is 4. The smallest absolute Gasteiger partial charge is 0.261 e. The molecule has 1 aliphatic heterocycles. The Balaban J connectivity index is 1.73. The van der Waals surface area contributed by atoms with E-state index in [-0.39, 0.29) is 17.9 Å². The molecule has 0 bridgehead atoms. The summed E-state index contributed by atoms with van der Waals surface area (Å²) in [4.78, 5) is 32.7. The lowest BCUT2D eigenvalue weighted by atomic mass is 10.1. The molecule has 0 saturated carbocycles. The largest absolute Gasteiger partial charge is 0.322 e. The lowest BCUT2D eigenvalue weighted by Crippen LogP contribution is -2.37. The first kappa shape index (κ1) is 19.5. The van der Waals surface area contributed by atoms with E-state index in [1.165, 1.54) is 11.8 Å². The average Bonchev–Trinajstić information content (AvgIpc) is 2.82. The maximum absolute atomic E-state index is 13.1. The minimum Gasteiger partial charge on any atom is -0.322 e. The third kappa shape index (κ3) is 3.73. The van der Waals surface area contributed by atoms with Gasteiger partial charge in [0.05, 0.1) is 21.8 Å². The summed E-state index contributed by atoms with van der Waals surface area (Å²) in [6, 6.07) is 15.9. The first-order valence-electron chi connectivity index (χ1n) is 9.12. The van der Waals surface area contributed by atoms with Crippen molar-refractivity contribution < 1.29 is 9.59 Å². The minimum atomic E-state index is -0.288. The predicted octanol–water partition coefficient (Wildman–Crippen LogP) is 5.51. The Morgan fingerprint density at radius 2 is 1.93 bits per heavy atom. The van der Waals surface area contributed by atoms with Crippen LogP contribution in [0.2, 0.25) is 5.02 Å². The molecule has 7 heteroatoms. The van der Waals surface area contributed by atoms with Crippen LogP contribution in [-0.4, -0.2) is 22.8 Å². The van der Waals surface area contributed by atoms with E-state index >= 15 is 0 Å². The molecule has 2 aromatic carbocycles. The van der Waals surface area contributed by atoms with Crippen molar-refractivity contribution in [2.45, 2.75) is 29.8 Å². The molecule has 0 atom stereocenters. The summed E-state index contributed by atoms with van der Waals surface area (Å²) in [5.74, 6) is -0.369. The molecule has 5 nitrogen and oxygen atoms in total. The Kier molecular flexibility index (Phi) is 5.30. The molecule has 1 N–H and O–H groups in total. The highest BCUT2D eigenvalue weighted by atomic mass is 35.5. The Labute approximate surface area is 178 Å². The molecule has 0 fully saturated rings. The molecule has 0 radical (unpaired) electrons. The SMILES string of the molecule is CC(C)N1C(=O)c2cccnc2Sc2cc(NC(=O)c3ccccc3Cl)ccc21. The Hall–Kier alpha value is -2.83. The summed E-state index contributed by atoms with van der Waals surface area (Å²) in [6.45, 7) is 3.95. The van der Waals surface area contributed by atoms with Crippen molar-refractivity contribution in [3.05, 3.63) is 76.9 Å². The molecule has 146 valence electrons. The summed E-state index contributed by atoms with van der Waals surface area (Å²) in [6.07, 6.45) is 1.67.